The van der Waals surface area contributed by atoms with E-state index in [-0.39, 0.29) is 11.9 Å². The first-order chi connectivity index (χ1) is 17.5. The maximum atomic E-state index is 10.6. The molecule has 192 valence electrons. The van der Waals surface area contributed by atoms with Crippen molar-refractivity contribution in [3.8, 4) is 22.9 Å². The maximum Gasteiger partial charge on any atom is 0.239 e. The highest BCUT2D eigenvalue weighted by Gasteiger charge is 2.45. The monoisotopic (exact) mass is 496 g/mol. The van der Waals surface area contributed by atoms with Gasteiger partial charge in [-0.3, -0.25) is 4.68 Å². The third kappa shape index (κ3) is 4.72. The highest BCUT2D eigenvalue weighted by Crippen LogP contribution is 2.41. The lowest BCUT2D eigenvalue weighted by Gasteiger charge is -2.39. The van der Waals surface area contributed by atoms with Gasteiger partial charge in [-0.2, -0.15) is 0 Å². The van der Waals surface area contributed by atoms with Crippen LogP contribution in [0.25, 0.3) is 11.3 Å². The lowest BCUT2D eigenvalue weighted by molar-refractivity contribution is -0.278. The van der Waals surface area contributed by atoms with Crippen LogP contribution in [0.3, 0.4) is 0 Å². The number of hydrogen-bond acceptors (Lipinski definition) is 8. The number of rotatable bonds is 8. The summed E-state index contributed by atoms with van der Waals surface area (Å²) in [6.45, 7) is -0.532. The second kappa shape index (κ2) is 10.6. The number of aliphatic hydroxyl groups excluding tert-OH is 4. The van der Waals surface area contributed by atoms with Crippen molar-refractivity contribution in [2.75, 3.05) is 13.7 Å². The molecule has 5 atom stereocenters. The molecular weight excluding hydrogens is 464 g/mol. The first-order valence-electron chi connectivity index (χ1n) is 12.3. The van der Waals surface area contributed by atoms with Gasteiger partial charge < -0.3 is 34.6 Å². The van der Waals surface area contributed by atoms with E-state index < -0.39 is 37.3 Å². The fourth-order valence-corrected chi connectivity index (χ4v) is 4.72. The van der Waals surface area contributed by atoms with Gasteiger partial charge in [-0.05, 0) is 37.0 Å². The number of nitrogens with zero attached hydrogens (tertiary/aromatic N) is 2. The largest absolute Gasteiger partial charge is 0.497 e. The predicted octanol–water partition coefficient (Wildman–Crippen LogP) is 2.05. The average molecular weight is 497 g/mol. The molecule has 1 aliphatic heterocycles. The second-order valence-electron chi connectivity index (χ2n) is 9.37. The minimum Gasteiger partial charge on any atom is -0.497 e. The van der Waals surface area contributed by atoms with Crippen molar-refractivity contribution in [2.24, 2.45) is 0 Å². The number of methoxy groups -OCH3 is 1. The molecule has 0 amide bonds. The Morgan fingerprint density at radius 1 is 0.972 bits per heavy atom. The van der Waals surface area contributed by atoms with Gasteiger partial charge >= 0.3 is 0 Å². The normalized spacial score (nSPS) is 26.4. The molecule has 0 spiro atoms. The Morgan fingerprint density at radius 3 is 2.31 bits per heavy atom. The van der Waals surface area contributed by atoms with Crippen molar-refractivity contribution >= 4 is 0 Å². The van der Waals surface area contributed by atoms with E-state index in [0.29, 0.717) is 6.42 Å². The number of aromatic nitrogens is 2. The molecule has 1 saturated carbocycles. The molecule has 5 rings (SSSR count). The zero-order chi connectivity index (χ0) is 25.2. The van der Waals surface area contributed by atoms with Crippen molar-refractivity contribution < 1.29 is 34.6 Å². The molecule has 2 aliphatic rings. The lowest BCUT2D eigenvalue weighted by atomic mass is 9.92. The molecule has 0 unspecified atom stereocenters. The first kappa shape index (κ1) is 24.7. The predicted molar refractivity (Wildman–Crippen MR) is 131 cm³/mol. The van der Waals surface area contributed by atoms with Crippen LogP contribution in [-0.4, -0.2) is 74.6 Å². The van der Waals surface area contributed by atoms with Crippen molar-refractivity contribution in [3.63, 3.8) is 0 Å². The maximum absolute atomic E-state index is 10.6. The zero-order valence-corrected chi connectivity index (χ0v) is 20.1. The minimum absolute atomic E-state index is 0.224. The number of ether oxygens (including phenoxy) is 3. The summed E-state index contributed by atoms with van der Waals surface area (Å²) in [6.07, 6.45) is -3.28. The van der Waals surface area contributed by atoms with Crippen LogP contribution in [0.1, 0.15) is 36.4 Å². The van der Waals surface area contributed by atoms with Gasteiger partial charge in [-0.25, -0.2) is 0 Å². The number of benzene rings is 2. The summed E-state index contributed by atoms with van der Waals surface area (Å²) >= 11 is 0. The minimum atomic E-state index is -1.53. The van der Waals surface area contributed by atoms with Gasteiger partial charge in [0.05, 0.1) is 25.5 Å². The summed E-state index contributed by atoms with van der Waals surface area (Å²) < 4.78 is 19.0. The van der Waals surface area contributed by atoms with E-state index in [1.165, 1.54) is 0 Å². The smallest absolute Gasteiger partial charge is 0.239 e. The molecule has 3 aromatic rings. The van der Waals surface area contributed by atoms with Gasteiger partial charge in [0.15, 0.2) is 0 Å². The zero-order valence-electron chi connectivity index (χ0n) is 20.1. The lowest BCUT2D eigenvalue weighted by Crippen LogP contribution is -2.60. The Labute approximate surface area is 209 Å². The van der Waals surface area contributed by atoms with Gasteiger partial charge in [0.2, 0.25) is 12.2 Å². The van der Waals surface area contributed by atoms with Crippen molar-refractivity contribution in [1.82, 2.24) is 9.78 Å². The Morgan fingerprint density at radius 2 is 1.69 bits per heavy atom. The number of hydrogen-bond donors (Lipinski definition) is 4. The van der Waals surface area contributed by atoms with Crippen molar-refractivity contribution in [3.05, 3.63) is 65.7 Å². The summed E-state index contributed by atoms with van der Waals surface area (Å²) in [5.74, 6) is 1.03. The van der Waals surface area contributed by atoms with Crippen molar-refractivity contribution in [2.45, 2.75) is 62.4 Å². The molecule has 1 aromatic heterocycles. The van der Waals surface area contributed by atoms with Gasteiger partial charge in [0, 0.05) is 17.5 Å². The topological polar surface area (TPSA) is 126 Å². The average Bonchev–Trinajstić information content (AvgIpc) is 3.21. The Hall–Kier alpha value is -2.95. The fraction of sp³-hybridized carbons (Fsp3) is 0.444. The summed E-state index contributed by atoms with van der Waals surface area (Å²) in [6, 6.07) is 17.9. The molecule has 1 saturated heterocycles. The number of aliphatic hydroxyl groups is 4. The van der Waals surface area contributed by atoms with Crippen LogP contribution < -0.4 is 9.47 Å². The van der Waals surface area contributed by atoms with Gasteiger partial charge in [-0.15, -0.1) is 5.10 Å². The van der Waals surface area contributed by atoms with E-state index >= 15 is 0 Å². The van der Waals surface area contributed by atoms with E-state index in [2.05, 4.69) is 0 Å². The van der Waals surface area contributed by atoms with E-state index in [1.807, 2.05) is 59.3 Å². The summed E-state index contributed by atoms with van der Waals surface area (Å²) in [5.41, 5.74) is 3.75. The highest BCUT2D eigenvalue weighted by atomic mass is 16.7. The van der Waals surface area contributed by atoms with E-state index in [4.69, 9.17) is 19.3 Å². The van der Waals surface area contributed by atoms with Gasteiger partial charge in [0.25, 0.3) is 0 Å². The van der Waals surface area contributed by atoms with Crippen LogP contribution in [-0.2, 0) is 11.2 Å². The molecular formula is C27H32N2O7. The molecule has 2 aromatic carbocycles. The molecule has 0 bridgehead atoms. The van der Waals surface area contributed by atoms with Crippen LogP contribution in [0.5, 0.6) is 11.6 Å². The summed E-state index contributed by atoms with van der Waals surface area (Å²) in [7, 11) is 1.62. The molecule has 1 aliphatic carbocycles. The Bertz CT molecular complexity index is 1140. The summed E-state index contributed by atoms with van der Waals surface area (Å²) in [4.78, 5) is 0. The molecule has 2 fully saturated rings. The SMILES string of the molecule is COc1ccc(Cc2c(O[C@@H]3O[C@H](CO)[C@@H](O)[C@H](O)[C@H]3O)nn(C3CCC3)c2-c2ccccc2)cc1. The van der Waals surface area contributed by atoms with Gasteiger partial charge in [-0.1, -0.05) is 42.5 Å². The van der Waals surface area contributed by atoms with E-state index in [1.54, 1.807) is 7.11 Å². The molecule has 9 heteroatoms. The molecule has 9 nitrogen and oxygen atoms in total. The fourth-order valence-electron chi connectivity index (χ4n) is 4.72. The van der Waals surface area contributed by atoms with Crippen LogP contribution in [0.15, 0.2) is 54.6 Å². The molecule has 4 N–H and O–H groups in total. The summed E-state index contributed by atoms with van der Waals surface area (Å²) in [5, 5.41) is 45.4. The van der Waals surface area contributed by atoms with E-state index in [0.717, 1.165) is 47.4 Å². The van der Waals surface area contributed by atoms with Gasteiger partial charge in [0.1, 0.15) is 30.2 Å². The van der Waals surface area contributed by atoms with Crippen LogP contribution in [0.4, 0.5) is 0 Å². The molecule has 2 heterocycles. The third-order valence-electron chi connectivity index (χ3n) is 7.06. The standard InChI is InChI=1S/C27H32N2O7/c1-34-19-12-10-16(11-13-19)14-20-22(17-6-3-2-4-7-17)29(18-8-5-9-18)28-26(20)36-27-25(33)24(32)23(31)21(15-30)35-27/h2-4,6-7,10-13,18,21,23-25,27,30-33H,5,8-9,14-15H2,1H3/t21-,23-,24+,25-,27+/m1/s1. The van der Waals surface area contributed by atoms with Crippen LogP contribution in [0, 0.1) is 0 Å². The molecule has 0 radical (unpaired) electrons. The van der Waals surface area contributed by atoms with Crippen LogP contribution >= 0.6 is 0 Å². The van der Waals surface area contributed by atoms with Crippen molar-refractivity contribution in [1.29, 1.82) is 0 Å². The highest BCUT2D eigenvalue weighted by molar-refractivity contribution is 5.67. The first-order valence-corrected chi connectivity index (χ1v) is 12.3. The quantitative estimate of drug-likeness (QED) is 0.373. The Kier molecular flexibility index (Phi) is 7.27. The molecule has 36 heavy (non-hydrogen) atoms. The van der Waals surface area contributed by atoms with E-state index in [9.17, 15) is 20.4 Å². The third-order valence-corrected chi connectivity index (χ3v) is 7.06. The van der Waals surface area contributed by atoms with Crippen LogP contribution in [0.2, 0.25) is 0 Å². The Balaban J connectivity index is 1.57. The second-order valence-corrected chi connectivity index (χ2v) is 9.37.